The summed E-state index contributed by atoms with van der Waals surface area (Å²) in [5, 5.41) is 2.78. The Morgan fingerprint density at radius 1 is 1.19 bits per heavy atom. The quantitative estimate of drug-likeness (QED) is 0.531. The molecule has 142 valence electrons. The van der Waals surface area contributed by atoms with Gasteiger partial charge in [-0.25, -0.2) is 13.6 Å². The largest absolute Gasteiger partial charge is 0.464 e. The fourth-order valence-corrected chi connectivity index (χ4v) is 3.94. The van der Waals surface area contributed by atoms with Crippen LogP contribution in [0.25, 0.3) is 0 Å². The van der Waals surface area contributed by atoms with Crippen LogP contribution in [-0.2, 0) is 22.4 Å². The van der Waals surface area contributed by atoms with Crippen molar-refractivity contribution in [3.8, 4) is 0 Å². The standard InChI is InChI=1S/C20H18F2INO3/c1-3-27-19(26)20(9-12-7-15(21)16(22)8-13(12)10-20)24-18(25)14-6-4-5-11(2)17(14)23/h4-8H,3,9-10H2,1-2H3,(H,24,25). The molecule has 1 aliphatic rings. The minimum atomic E-state index is -1.39. The van der Waals surface area contributed by atoms with Crippen LogP contribution in [0, 0.1) is 22.1 Å². The van der Waals surface area contributed by atoms with Crippen molar-refractivity contribution in [1.82, 2.24) is 5.32 Å². The van der Waals surface area contributed by atoms with Crippen LogP contribution in [-0.4, -0.2) is 24.0 Å². The number of hydrogen-bond acceptors (Lipinski definition) is 3. The number of esters is 1. The lowest BCUT2D eigenvalue weighted by atomic mass is 9.94. The monoisotopic (exact) mass is 485 g/mol. The molecule has 27 heavy (non-hydrogen) atoms. The van der Waals surface area contributed by atoms with E-state index in [1.54, 1.807) is 19.1 Å². The van der Waals surface area contributed by atoms with E-state index >= 15 is 0 Å². The highest BCUT2D eigenvalue weighted by Gasteiger charge is 2.47. The molecule has 7 heteroatoms. The number of rotatable bonds is 4. The minimum absolute atomic E-state index is 0.0481. The Hall–Kier alpha value is -2.03. The van der Waals surface area contributed by atoms with Crippen molar-refractivity contribution in [2.45, 2.75) is 32.2 Å². The first-order valence-electron chi connectivity index (χ1n) is 8.49. The number of amides is 1. The Morgan fingerprint density at radius 3 is 2.33 bits per heavy atom. The molecule has 0 saturated carbocycles. The molecule has 1 N–H and O–H groups in total. The number of nitrogens with one attached hydrogen (secondary N) is 1. The molecule has 0 heterocycles. The molecule has 0 bridgehead atoms. The highest BCUT2D eigenvalue weighted by molar-refractivity contribution is 14.1. The van der Waals surface area contributed by atoms with E-state index in [1.807, 2.05) is 13.0 Å². The molecule has 0 unspecified atom stereocenters. The van der Waals surface area contributed by atoms with Crippen LogP contribution in [0.1, 0.15) is 34.0 Å². The van der Waals surface area contributed by atoms with Crippen LogP contribution < -0.4 is 5.32 Å². The maximum Gasteiger partial charge on any atom is 0.332 e. The van der Waals surface area contributed by atoms with Gasteiger partial charge in [-0.15, -0.1) is 0 Å². The van der Waals surface area contributed by atoms with Crippen molar-refractivity contribution >= 4 is 34.5 Å². The van der Waals surface area contributed by atoms with Crippen molar-refractivity contribution in [2.24, 2.45) is 0 Å². The first kappa shape index (κ1) is 19.7. The third-order valence-corrected chi connectivity index (χ3v) is 6.11. The highest BCUT2D eigenvalue weighted by Crippen LogP contribution is 2.33. The Kier molecular flexibility index (Phi) is 5.50. The highest BCUT2D eigenvalue weighted by atomic mass is 127. The van der Waals surface area contributed by atoms with Gasteiger partial charge in [-0.05, 0) is 71.3 Å². The van der Waals surface area contributed by atoms with Gasteiger partial charge in [0, 0.05) is 16.4 Å². The van der Waals surface area contributed by atoms with Crippen LogP contribution in [0.2, 0.25) is 0 Å². The molecule has 0 fully saturated rings. The van der Waals surface area contributed by atoms with Gasteiger partial charge in [0.25, 0.3) is 5.91 Å². The lowest BCUT2D eigenvalue weighted by Crippen LogP contribution is -2.56. The topological polar surface area (TPSA) is 55.4 Å². The Balaban J connectivity index is 1.97. The summed E-state index contributed by atoms with van der Waals surface area (Å²) in [6.45, 7) is 3.69. The first-order chi connectivity index (χ1) is 12.8. The lowest BCUT2D eigenvalue weighted by molar-refractivity contribution is -0.150. The van der Waals surface area contributed by atoms with E-state index in [1.165, 1.54) is 0 Å². The van der Waals surface area contributed by atoms with Crippen molar-refractivity contribution in [3.05, 3.63) is 67.8 Å². The minimum Gasteiger partial charge on any atom is -0.464 e. The zero-order valence-corrected chi connectivity index (χ0v) is 17.0. The normalized spacial score (nSPS) is 14.6. The summed E-state index contributed by atoms with van der Waals surface area (Å²) in [5.74, 6) is -3.00. The zero-order chi connectivity index (χ0) is 19.8. The fourth-order valence-electron chi connectivity index (χ4n) is 3.33. The number of carbonyl (C=O) groups excluding carboxylic acids is 2. The maximum atomic E-state index is 13.6. The fraction of sp³-hybridized carbons (Fsp3) is 0.300. The van der Waals surface area contributed by atoms with Crippen LogP contribution in [0.5, 0.6) is 0 Å². The van der Waals surface area contributed by atoms with Crippen LogP contribution >= 0.6 is 22.6 Å². The number of carbonyl (C=O) groups is 2. The van der Waals surface area contributed by atoms with Crippen molar-refractivity contribution in [2.75, 3.05) is 6.61 Å². The van der Waals surface area contributed by atoms with E-state index in [-0.39, 0.29) is 19.4 Å². The molecule has 1 amide bonds. The van der Waals surface area contributed by atoms with Crippen LogP contribution in [0.15, 0.2) is 30.3 Å². The number of hydrogen-bond donors (Lipinski definition) is 1. The van der Waals surface area contributed by atoms with E-state index in [9.17, 15) is 18.4 Å². The summed E-state index contributed by atoms with van der Waals surface area (Å²) in [6.07, 6.45) is 0.0962. The van der Waals surface area contributed by atoms with Crippen molar-refractivity contribution in [3.63, 3.8) is 0 Å². The number of aryl methyl sites for hydroxylation is 1. The predicted molar refractivity (Wildman–Crippen MR) is 104 cm³/mol. The Labute approximate surface area is 169 Å². The lowest BCUT2D eigenvalue weighted by Gasteiger charge is -2.28. The SMILES string of the molecule is CCOC(=O)C1(NC(=O)c2cccc(C)c2I)Cc2cc(F)c(F)cc2C1. The smallest absolute Gasteiger partial charge is 0.332 e. The van der Waals surface area contributed by atoms with E-state index in [0.29, 0.717) is 16.7 Å². The summed E-state index contributed by atoms with van der Waals surface area (Å²) >= 11 is 2.08. The number of halogens is 3. The van der Waals surface area contributed by atoms with E-state index < -0.39 is 29.0 Å². The van der Waals surface area contributed by atoms with Gasteiger partial charge in [-0.3, -0.25) is 4.79 Å². The zero-order valence-electron chi connectivity index (χ0n) is 14.9. The first-order valence-corrected chi connectivity index (χ1v) is 9.57. The van der Waals surface area contributed by atoms with Crippen molar-refractivity contribution in [1.29, 1.82) is 0 Å². The summed E-state index contributed by atoms with van der Waals surface area (Å²) in [6, 6.07) is 7.47. The van der Waals surface area contributed by atoms with Gasteiger partial charge in [0.05, 0.1) is 12.2 Å². The third-order valence-electron chi connectivity index (χ3n) is 4.68. The van der Waals surface area contributed by atoms with E-state index in [4.69, 9.17) is 4.74 Å². The summed E-state index contributed by atoms with van der Waals surface area (Å²) in [5.41, 5.74) is 0.963. The maximum absolute atomic E-state index is 13.6. The van der Waals surface area contributed by atoms with Gasteiger partial charge in [0.2, 0.25) is 0 Å². The summed E-state index contributed by atoms with van der Waals surface area (Å²) < 4.78 is 33.2. The van der Waals surface area contributed by atoms with Gasteiger partial charge in [-0.2, -0.15) is 0 Å². The van der Waals surface area contributed by atoms with Crippen molar-refractivity contribution < 1.29 is 23.1 Å². The number of ether oxygens (including phenoxy) is 1. The molecule has 0 atom stereocenters. The Morgan fingerprint density at radius 2 is 1.78 bits per heavy atom. The second-order valence-corrected chi connectivity index (χ2v) is 7.66. The van der Waals surface area contributed by atoms with E-state index in [2.05, 4.69) is 27.9 Å². The summed E-state index contributed by atoms with van der Waals surface area (Å²) in [7, 11) is 0. The second kappa shape index (κ2) is 7.53. The molecule has 0 saturated heterocycles. The van der Waals surface area contributed by atoms with Crippen LogP contribution in [0.4, 0.5) is 8.78 Å². The average molecular weight is 485 g/mol. The average Bonchev–Trinajstić information content (AvgIpc) is 2.96. The van der Waals surface area contributed by atoms with E-state index in [0.717, 1.165) is 21.3 Å². The molecule has 0 aromatic heterocycles. The molecule has 4 nitrogen and oxygen atoms in total. The number of fused-ring (bicyclic) bond motifs is 1. The molecule has 2 aromatic carbocycles. The number of benzene rings is 2. The molecule has 2 aromatic rings. The molecular weight excluding hydrogens is 467 g/mol. The van der Waals surface area contributed by atoms with Gasteiger partial charge >= 0.3 is 5.97 Å². The van der Waals surface area contributed by atoms with Gasteiger partial charge < -0.3 is 10.1 Å². The molecule has 1 aliphatic carbocycles. The van der Waals surface area contributed by atoms with Gasteiger partial charge in [-0.1, -0.05) is 12.1 Å². The molecule has 0 radical (unpaired) electrons. The molecular formula is C20H18F2INO3. The second-order valence-electron chi connectivity index (χ2n) is 6.58. The van der Waals surface area contributed by atoms with Crippen LogP contribution in [0.3, 0.4) is 0 Å². The summed E-state index contributed by atoms with van der Waals surface area (Å²) in [4.78, 5) is 25.6. The van der Waals surface area contributed by atoms with Gasteiger partial charge in [0.15, 0.2) is 11.6 Å². The molecule has 0 spiro atoms. The van der Waals surface area contributed by atoms with Gasteiger partial charge in [0.1, 0.15) is 5.54 Å². The third kappa shape index (κ3) is 3.69. The molecule has 3 rings (SSSR count). The Bertz CT molecular complexity index is 899. The predicted octanol–water partition coefficient (Wildman–Crippen LogP) is 3.71. The molecule has 0 aliphatic heterocycles.